The predicted molar refractivity (Wildman–Crippen MR) is 161 cm³/mol. The number of carbonyl (C=O) groups is 3. The van der Waals surface area contributed by atoms with Crippen LogP contribution in [0.5, 0.6) is 11.5 Å². The number of ketones is 3. The Morgan fingerprint density at radius 1 is 0.833 bits per heavy atom. The zero-order valence-corrected chi connectivity index (χ0v) is 23.7. The van der Waals surface area contributed by atoms with E-state index in [0.29, 0.717) is 38.8 Å². The summed E-state index contributed by atoms with van der Waals surface area (Å²) in [5, 5.41) is 0.545. The molecule has 0 bridgehead atoms. The molecule has 7 heteroatoms. The standard InChI is InChI=1S/C35H26ClNO5/c1-41-27-14-8-13-25(32(27)42-2)29-30(31(38)20-9-4-3-5-10-20)37-26-17-16-22(36)19-21(26)15-18-28(37)35(29)33(39)23-11-6-7-12-24(23)34(35)40/h3-19,28-30H,1-2H3/t28-,29+,30+/m0/s1. The van der Waals surface area contributed by atoms with E-state index >= 15 is 0 Å². The quantitative estimate of drug-likeness (QED) is 0.195. The summed E-state index contributed by atoms with van der Waals surface area (Å²) in [6, 6.07) is 25.0. The zero-order valence-electron chi connectivity index (χ0n) is 22.9. The Hall–Kier alpha value is -4.68. The molecular weight excluding hydrogens is 550 g/mol. The molecule has 0 amide bonds. The van der Waals surface area contributed by atoms with Gasteiger partial charge in [-0.2, -0.15) is 0 Å². The van der Waals surface area contributed by atoms with E-state index in [1.807, 2.05) is 53.5 Å². The van der Waals surface area contributed by atoms with Crippen molar-refractivity contribution in [3.05, 3.63) is 130 Å². The second-order valence-electron chi connectivity index (χ2n) is 10.7. The lowest BCUT2D eigenvalue weighted by molar-refractivity contribution is 0.0664. The van der Waals surface area contributed by atoms with E-state index < -0.39 is 23.4 Å². The van der Waals surface area contributed by atoms with Crippen molar-refractivity contribution < 1.29 is 23.9 Å². The summed E-state index contributed by atoms with van der Waals surface area (Å²) in [6.45, 7) is 0. The molecule has 0 radical (unpaired) electrons. The van der Waals surface area contributed by atoms with Crippen LogP contribution in [0.15, 0.2) is 97.1 Å². The third-order valence-corrected chi connectivity index (χ3v) is 9.10. The average Bonchev–Trinajstić information content (AvgIpc) is 3.46. The smallest absolute Gasteiger partial charge is 0.185 e. The second kappa shape index (κ2) is 9.71. The Morgan fingerprint density at radius 2 is 1.52 bits per heavy atom. The number of carbonyl (C=O) groups excluding carboxylic acids is 3. The molecule has 1 spiro atoms. The van der Waals surface area contributed by atoms with E-state index in [1.165, 1.54) is 14.2 Å². The average molecular weight is 576 g/mol. The highest BCUT2D eigenvalue weighted by Gasteiger charge is 2.72. The van der Waals surface area contributed by atoms with Gasteiger partial charge in [0.15, 0.2) is 28.8 Å². The van der Waals surface area contributed by atoms with E-state index in [1.54, 1.807) is 54.6 Å². The summed E-state index contributed by atoms with van der Waals surface area (Å²) < 4.78 is 11.5. The summed E-state index contributed by atoms with van der Waals surface area (Å²) in [5.74, 6) is -0.915. The van der Waals surface area contributed by atoms with Crippen LogP contribution in [0.4, 0.5) is 5.69 Å². The molecular formula is C35H26ClNO5. The maximum Gasteiger partial charge on any atom is 0.185 e. The fourth-order valence-electron chi connectivity index (χ4n) is 7.22. The normalized spacial score (nSPS) is 21.2. The number of benzene rings is 4. The molecule has 2 aliphatic heterocycles. The molecule has 4 aromatic carbocycles. The Balaban J connectivity index is 1.59. The van der Waals surface area contributed by atoms with Gasteiger partial charge < -0.3 is 14.4 Å². The van der Waals surface area contributed by atoms with Crippen LogP contribution >= 0.6 is 11.6 Å². The fraction of sp³-hybridized carbons (Fsp3) is 0.171. The summed E-state index contributed by atoms with van der Waals surface area (Å²) in [7, 11) is 3.06. The van der Waals surface area contributed by atoms with Gasteiger partial charge in [0.2, 0.25) is 0 Å². The van der Waals surface area contributed by atoms with Crippen LogP contribution in [-0.2, 0) is 0 Å². The summed E-state index contributed by atoms with van der Waals surface area (Å²) in [5.41, 5.74) is 1.63. The molecule has 1 fully saturated rings. The molecule has 2 heterocycles. The van der Waals surface area contributed by atoms with Crippen molar-refractivity contribution in [1.82, 2.24) is 0 Å². The third kappa shape index (κ3) is 3.42. The minimum atomic E-state index is -1.65. The maximum atomic E-state index is 14.8. The molecule has 3 aliphatic rings. The van der Waals surface area contributed by atoms with Crippen molar-refractivity contribution in [3.63, 3.8) is 0 Å². The van der Waals surface area contributed by atoms with Crippen LogP contribution in [0.25, 0.3) is 6.08 Å². The van der Waals surface area contributed by atoms with E-state index in [0.717, 1.165) is 11.3 Å². The SMILES string of the molecule is COc1cccc([C@@H]2[C@H](C(=O)c3ccccc3)N3c4ccc(Cl)cc4C=C[C@H]3C23C(=O)c2ccccc2C3=O)c1OC. The lowest BCUT2D eigenvalue weighted by Gasteiger charge is -2.37. The first-order chi connectivity index (χ1) is 20.4. The van der Waals surface area contributed by atoms with Gasteiger partial charge in [-0.05, 0) is 29.8 Å². The maximum absolute atomic E-state index is 14.8. The van der Waals surface area contributed by atoms with Gasteiger partial charge in [-0.1, -0.05) is 90.5 Å². The van der Waals surface area contributed by atoms with Gasteiger partial charge in [0.1, 0.15) is 11.5 Å². The minimum absolute atomic E-state index is 0.208. The highest BCUT2D eigenvalue weighted by Crippen LogP contribution is 2.62. The van der Waals surface area contributed by atoms with Crippen LogP contribution in [0.2, 0.25) is 5.02 Å². The summed E-state index contributed by atoms with van der Waals surface area (Å²) in [4.78, 5) is 46.3. The lowest BCUT2D eigenvalue weighted by Crippen LogP contribution is -2.48. The highest BCUT2D eigenvalue weighted by atomic mass is 35.5. The van der Waals surface area contributed by atoms with Gasteiger partial charge >= 0.3 is 0 Å². The molecule has 6 nitrogen and oxygen atoms in total. The number of methoxy groups -OCH3 is 2. The predicted octanol–water partition coefficient (Wildman–Crippen LogP) is 6.67. The van der Waals surface area contributed by atoms with E-state index in [2.05, 4.69) is 0 Å². The van der Waals surface area contributed by atoms with Crippen LogP contribution in [-0.4, -0.2) is 43.7 Å². The van der Waals surface area contributed by atoms with Crippen molar-refractivity contribution in [2.75, 3.05) is 19.1 Å². The molecule has 1 saturated heterocycles. The fourth-order valence-corrected chi connectivity index (χ4v) is 7.40. The van der Waals surface area contributed by atoms with Gasteiger partial charge in [-0.25, -0.2) is 0 Å². The van der Waals surface area contributed by atoms with Gasteiger partial charge in [-0.3, -0.25) is 14.4 Å². The number of rotatable bonds is 5. The number of para-hydroxylation sites is 1. The van der Waals surface area contributed by atoms with Crippen LogP contribution in [0.3, 0.4) is 0 Å². The van der Waals surface area contributed by atoms with Crippen molar-refractivity contribution in [1.29, 1.82) is 0 Å². The van der Waals surface area contributed by atoms with Crippen LogP contribution in [0, 0.1) is 5.41 Å². The topological polar surface area (TPSA) is 72.9 Å². The molecule has 42 heavy (non-hydrogen) atoms. The molecule has 208 valence electrons. The number of anilines is 1. The molecule has 0 unspecified atom stereocenters. The molecule has 0 aromatic heterocycles. The monoisotopic (exact) mass is 575 g/mol. The van der Waals surface area contributed by atoms with Crippen molar-refractivity contribution >= 4 is 40.7 Å². The highest BCUT2D eigenvalue weighted by molar-refractivity contribution is 6.33. The number of hydrogen-bond acceptors (Lipinski definition) is 6. The number of fused-ring (bicyclic) bond motifs is 5. The van der Waals surface area contributed by atoms with Crippen molar-refractivity contribution in [3.8, 4) is 11.5 Å². The number of nitrogens with zero attached hydrogens (tertiary/aromatic N) is 1. The molecule has 7 rings (SSSR count). The van der Waals surface area contributed by atoms with Gasteiger partial charge in [0.25, 0.3) is 0 Å². The van der Waals surface area contributed by atoms with E-state index in [4.69, 9.17) is 21.1 Å². The summed E-state index contributed by atoms with van der Waals surface area (Å²) >= 11 is 6.38. The molecule has 1 aliphatic carbocycles. The van der Waals surface area contributed by atoms with Crippen molar-refractivity contribution in [2.24, 2.45) is 5.41 Å². The zero-order chi connectivity index (χ0) is 29.2. The van der Waals surface area contributed by atoms with E-state index in [9.17, 15) is 14.4 Å². The Kier molecular flexibility index (Phi) is 6.06. The largest absolute Gasteiger partial charge is 0.493 e. The second-order valence-corrected chi connectivity index (χ2v) is 11.2. The van der Waals surface area contributed by atoms with Crippen molar-refractivity contribution in [2.45, 2.75) is 18.0 Å². The molecule has 0 N–H and O–H groups in total. The first-order valence-electron chi connectivity index (χ1n) is 13.7. The van der Waals surface area contributed by atoms with Crippen LogP contribution in [0.1, 0.15) is 48.1 Å². The van der Waals surface area contributed by atoms with E-state index in [-0.39, 0.29) is 17.3 Å². The van der Waals surface area contributed by atoms with Gasteiger partial charge in [0, 0.05) is 38.9 Å². The Morgan fingerprint density at radius 3 is 2.19 bits per heavy atom. The summed E-state index contributed by atoms with van der Waals surface area (Å²) in [6.07, 6.45) is 3.77. The van der Waals surface area contributed by atoms with Gasteiger partial charge in [0.05, 0.1) is 20.3 Å². The first kappa shape index (κ1) is 26.2. The van der Waals surface area contributed by atoms with Gasteiger partial charge in [-0.15, -0.1) is 0 Å². The number of hydrogen-bond donors (Lipinski definition) is 0. The Labute approximate surface area is 248 Å². The minimum Gasteiger partial charge on any atom is -0.493 e. The number of halogens is 1. The van der Waals surface area contributed by atoms with Crippen LogP contribution < -0.4 is 14.4 Å². The third-order valence-electron chi connectivity index (χ3n) is 8.86. The lowest BCUT2D eigenvalue weighted by atomic mass is 9.64. The number of Topliss-reactive ketones (excluding diaryl/α,β-unsaturated/α-hetero) is 3. The Bertz CT molecular complexity index is 1780. The molecule has 3 atom stereocenters. The molecule has 4 aromatic rings. The number of ether oxygens (including phenoxy) is 2. The molecule has 0 saturated carbocycles. The first-order valence-corrected chi connectivity index (χ1v) is 14.1.